The van der Waals surface area contributed by atoms with Crippen molar-refractivity contribution in [2.24, 2.45) is 5.92 Å². The zero-order valence-corrected chi connectivity index (χ0v) is 11.7. The third-order valence-electron chi connectivity index (χ3n) is 4.10. The van der Waals surface area contributed by atoms with Gasteiger partial charge in [0.15, 0.2) is 0 Å². The van der Waals surface area contributed by atoms with Crippen LogP contribution in [0.3, 0.4) is 0 Å². The summed E-state index contributed by atoms with van der Waals surface area (Å²) in [7, 11) is 0. The van der Waals surface area contributed by atoms with Crippen molar-refractivity contribution < 1.29 is 5.11 Å². The van der Waals surface area contributed by atoms with Gasteiger partial charge in [-0.2, -0.15) is 0 Å². The second kappa shape index (κ2) is 8.90. The number of likely N-dealkylation sites (tertiary alicyclic amines) is 1. The Bertz CT molecular complexity index is 175. The van der Waals surface area contributed by atoms with E-state index in [1.807, 2.05) is 0 Å². The molecule has 1 aliphatic rings. The first-order chi connectivity index (χ1) is 8.30. The van der Waals surface area contributed by atoms with E-state index < -0.39 is 0 Å². The lowest BCUT2D eigenvalue weighted by molar-refractivity contribution is 0.142. The van der Waals surface area contributed by atoms with E-state index in [1.165, 1.54) is 58.4 Å². The van der Waals surface area contributed by atoms with Crippen LogP contribution in [0.15, 0.2) is 0 Å². The molecule has 0 radical (unpaired) electrons. The molecule has 0 atom stereocenters. The van der Waals surface area contributed by atoms with E-state index in [4.69, 9.17) is 5.11 Å². The summed E-state index contributed by atoms with van der Waals surface area (Å²) in [6.07, 6.45) is 5.41. The monoisotopic (exact) mass is 242 g/mol. The van der Waals surface area contributed by atoms with Crippen molar-refractivity contribution in [2.45, 2.75) is 39.5 Å². The van der Waals surface area contributed by atoms with Gasteiger partial charge in [-0.15, -0.1) is 0 Å². The minimum absolute atomic E-state index is 0.312. The van der Waals surface area contributed by atoms with Crippen molar-refractivity contribution in [1.82, 2.24) is 9.80 Å². The second-order valence-corrected chi connectivity index (χ2v) is 5.18. The minimum Gasteiger partial charge on any atom is -0.395 e. The molecule has 0 saturated carbocycles. The van der Waals surface area contributed by atoms with Crippen molar-refractivity contribution in [3.8, 4) is 0 Å². The zero-order chi connectivity index (χ0) is 12.5. The molecule has 3 nitrogen and oxygen atoms in total. The molecule has 0 aliphatic carbocycles. The SMILES string of the molecule is CCN(CC)CCCC1CCN(CCO)CC1. The van der Waals surface area contributed by atoms with Crippen molar-refractivity contribution in [2.75, 3.05) is 45.9 Å². The smallest absolute Gasteiger partial charge is 0.0558 e. The standard InChI is InChI=1S/C14H30N2O/c1-3-15(4-2)9-5-6-14-7-10-16(11-8-14)12-13-17/h14,17H,3-13H2,1-2H3. The van der Waals surface area contributed by atoms with E-state index >= 15 is 0 Å². The first kappa shape index (κ1) is 14.9. The van der Waals surface area contributed by atoms with Gasteiger partial charge in [-0.05, 0) is 64.3 Å². The van der Waals surface area contributed by atoms with Crippen LogP contribution < -0.4 is 0 Å². The average Bonchev–Trinajstić information content (AvgIpc) is 2.37. The molecule has 1 rings (SSSR count). The van der Waals surface area contributed by atoms with Gasteiger partial charge < -0.3 is 14.9 Å². The number of piperidine rings is 1. The van der Waals surface area contributed by atoms with Crippen LogP contribution in [-0.4, -0.2) is 60.8 Å². The molecule has 0 aromatic rings. The summed E-state index contributed by atoms with van der Waals surface area (Å²) in [6, 6.07) is 0. The quantitative estimate of drug-likeness (QED) is 0.703. The predicted molar refractivity (Wildman–Crippen MR) is 73.3 cm³/mol. The molecule has 1 heterocycles. The van der Waals surface area contributed by atoms with Crippen molar-refractivity contribution in [1.29, 1.82) is 0 Å². The Balaban J connectivity index is 2.06. The van der Waals surface area contributed by atoms with Gasteiger partial charge in [0, 0.05) is 6.54 Å². The molecule has 0 amide bonds. The van der Waals surface area contributed by atoms with E-state index in [2.05, 4.69) is 23.6 Å². The number of rotatable bonds is 8. The van der Waals surface area contributed by atoms with Gasteiger partial charge in [-0.1, -0.05) is 13.8 Å². The highest BCUT2D eigenvalue weighted by Crippen LogP contribution is 2.21. The van der Waals surface area contributed by atoms with E-state index in [0.717, 1.165) is 12.5 Å². The number of aliphatic hydroxyl groups is 1. The van der Waals surface area contributed by atoms with Crippen molar-refractivity contribution in [3.05, 3.63) is 0 Å². The number of β-amino-alcohol motifs (C(OH)–C–C–N with tert-alkyl or cyclic N) is 1. The van der Waals surface area contributed by atoms with Crippen LogP contribution >= 0.6 is 0 Å². The summed E-state index contributed by atoms with van der Waals surface area (Å²) in [5, 5.41) is 8.89. The summed E-state index contributed by atoms with van der Waals surface area (Å²) in [4.78, 5) is 4.90. The Morgan fingerprint density at radius 2 is 1.82 bits per heavy atom. The lowest BCUT2D eigenvalue weighted by atomic mass is 9.92. The maximum absolute atomic E-state index is 8.89. The van der Waals surface area contributed by atoms with E-state index in [9.17, 15) is 0 Å². The van der Waals surface area contributed by atoms with Gasteiger partial charge in [-0.3, -0.25) is 0 Å². The van der Waals surface area contributed by atoms with E-state index in [0.29, 0.717) is 6.61 Å². The highest BCUT2D eigenvalue weighted by molar-refractivity contribution is 4.72. The fourth-order valence-corrected chi connectivity index (χ4v) is 2.78. The maximum Gasteiger partial charge on any atom is 0.0558 e. The molecule has 1 aliphatic heterocycles. The largest absolute Gasteiger partial charge is 0.395 e. The Morgan fingerprint density at radius 3 is 2.35 bits per heavy atom. The highest BCUT2D eigenvalue weighted by atomic mass is 16.3. The summed E-state index contributed by atoms with van der Waals surface area (Å²) in [6.45, 7) is 11.7. The molecule has 1 saturated heterocycles. The molecular formula is C14H30N2O. The second-order valence-electron chi connectivity index (χ2n) is 5.18. The lowest BCUT2D eigenvalue weighted by Gasteiger charge is -2.31. The zero-order valence-electron chi connectivity index (χ0n) is 11.7. The fraction of sp³-hybridized carbons (Fsp3) is 1.00. The molecule has 1 N–H and O–H groups in total. The average molecular weight is 242 g/mol. The molecule has 0 spiro atoms. The van der Waals surface area contributed by atoms with Crippen LogP contribution in [0.25, 0.3) is 0 Å². The molecule has 102 valence electrons. The van der Waals surface area contributed by atoms with Crippen molar-refractivity contribution in [3.63, 3.8) is 0 Å². The summed E-state index contributed by atoms with van der Waals surface area (Å²) < 4.78 is 0. The maximum atomic E-state index is 8.89. The van der Waals surface area contributed by atoms with Gasteiger partial charge in [0.25, 0.3) is 0 Å². The van der Waals surface area contributed by atoms with Gasteiger partial charge in [0.05, 0.1) is 6.61 Å². The van der Waals surface area contributed by atoms with Crippen LogP contribution in [0.5, 0.6) is 0 Å². The molecule has 3 heteroatoms. The molecule has 0 unspecified atom stereocenters. The number of hydrogen-bond acceptors (Lipinski definition) is 3. The van der Waals surface area contributed by atoms with Crippen LogP contribution in [-0.2, 0) is 0 Å². The van der Waals surface area contributed by atoms with Crippen LogP contribution in [0, 0.1) is 5.92 Å². The fourth-order valence-electron chi connectivity index (χ4n) is 2.78. The van der Waals surface area contributed by atoms with Gasteiger partial charge >= 0.3 is 0 Å². The van der Waals surface area contributed by atoms with Gasteiger partial charge in [0.2, 0.25) is 0 Å². The summed E-state index contributed by atoms with van der Waals surface area (Å²) in [5.41, 5.74) is 0. The minimum atomic E-state index is 0.312. The van der Waals surface area contributed by atoms with Gasteiger partial charge in [-0.25, -0.2) is 0 Å². The molecule has 0 aromatic heterocycles. The summed E-state index contributed by atoms with van der Waals surface area (Å²) in [5.74, 6) is 0.931. The number of nitrogens with zero attached hydrogens (tertiary/aromatic N) is 2. The van der Waals surface area contributed by atoms with Crippen molar-refractivity contribution >= 4 is 0 Å². The molecular weight excluding hydrogens is 212 g/mol. The Labute approximate surface area is 107 Å². The first-order valence-corrected chi connectivity index (χ1v) is 7.35. The third kappa shape index (κ3) is 5.84. The topological polar surface area (TPSA) is 26.7 Å². The van der Waals surface area contributed by atoms with Gasteiger partial charge in [0.1, 0.15) is 0 Å². The number of hydrogen-bond donors (Lipinski definition) is 1. The Hall–Kier alpha value is -0.120. The summed E-state index contributed by atoms with van der Waals surface area (Å²) >= 11 is 0. The Morgan fingerprint density at radius 1 is 1.18 bits per heavy atom. The third-order valence-corrected chi connectivity index (χ3v) is 4.10. The molecule has 17 heavy (non-hydrogen) atoms. The lowest BCUT2D eigenvalue weighted by Crippen LogP contribution is -2.35. The van der Waals surface area contributed by atoms with Crippen LogP contribution in [0.4, 0.5) is 0 Å². The Kier molecular flexibility index (Phi) is 7.82. The number of aliphatic hydroxyl groups excluding tert-OH is 1. The predicted octanol–water partition coefficient (Wildman–Crippen LogP) is 1.81. The van der Waals surface area contributed by atoms with E-state index in [-0.39, 0.29) is 0 Å². The molecule has 0 bridgehead atoms. The molecule has 0 aromatic carbocycles. The molecule has 1 fully saturated rings. The van der Waals surface area contributed by atoms with Crippen LogP contribution in [0.1, 0.15) is 39.5 Å². The highest BCUT2D eigenvalue weighted by Gasteiger charge is 2.18. The van der Waals surface area contributed by atoms with Crippen LogP contribution in [0.2, 0.25) is 0 Å². The first-order valence-electron chi connectivity index (χ1n) is 7.35. The normalized spacial score (nSPS) is 19.1. The van der Waals surface area contributed by atoms with E-state index in [1.54, 1.807) is 0 Å².